The van der Waals surface area contributed by atoms with Gasteiger partial charge in [0.05, 0.1) is 45.9 Å². The van der Waals surface area contributed by atoms with Crippen LogP contribution in [0.3, 0.4) is 0 Å². The molecule has 12 heteroatoms. The molecule has 0 aliphatic carbocycles. The van der Waals surface area contributed by atoms with Gasteiger partial charge in [0.2, 0.25) is 5.43 Å². The van der Waals surface area contributed by atoms with Crippen molar-refractivity contribution in [2.24, 2.45) is 0 Å². The number of H-pyrrole nitrogens is 1. The first kappa shape index (κ1) is 38.0. The zero-order valence-electron chi connectivity index (χ0n) is 30.0. The van der Waals surface area contributed by atoms with Crippen LogP contribution < -0.4 is 41.5 Å². The summed E-state index contributed by atoms with van der Waals surface area (Å²) in [6, 6.07) is 22.1. The van der Waals surface area contributed by atoms with Crippen LogP contribution in [0.15, 0.2) is 89.9 Å². The number of benzene rings is 4. The molecule has 5 aromatic rings. The van der Waals surface area contributed by atoms with E-state index in [0.717, 1.165) is 47.2 Å². The van der Waals surface area contributed by atoms with Crippen LogP contribution in [0.1, 0.15) is 40.1 Å². The number of amides is 1. The van der Waals surface area contributed by atoms with E-state index in [1.165, 1.54) is 55.5 Å². The molecule has 4 aromatic carbocycles. The van der Waals surface area contributed by atoms with Gasteiger partial charge < -0.3 is 45.6 Å². The van der Waals surface area contributed by atoms with E-state index < -0.39 is 29.1 Å². The van der Waals surface area contributed by atoms with Crippen molar-refractivity contribution in [2.45, 2.75) is 19.4 Å². The third-order valence-electron chi connectivity index (χ3n) is 10.6. The third-order valence-corrected chi connectivity index (χ3v) is 10.6. The number of carbonyl (C=O) groups excluding carboxylic acids is 1. The highest BCUT2D eigenvalue weighted by Crippen LogP contribution is 2.35. The highest BCUT2D eigenvalue weighted by atomic mass is 79.9. The topological polar surface area (TPSA) is 84.1 Å². The fourth-order valence-electron chi connectivity index (χ4n) is 7.46. The SMILES string of the molecule is CCN(C(=O)c1c[nH]c2cc(OC(c3ccc(CC[N+]45CCN(CC4)CC5)cc3)c3cc(OC)cc(OC)c3)ccc2c1=O)c1cc(F)cc(F)c1.[Br-]. The molecule has 1 unspecified atom stereocenters. The Labute approximate surface area is 318 Å². The molecule has 1 aromatic heterocycles. The molecule has 3 aliphatic rings. The van der Waals surface area contributed by atoms with Crippen molar-refractivity contribution in [3.63, 3.8) is 0 Å². The molecule has 278 valence electrons. The highest BCUT2D eigenvalue weighted by Gasteiger charge is 2.37. The first-order valence-corrected chi connectivity index (χ1v) is 17.7. The number of rotatable bonds is 12. The molecule has 2 bridgehead atoms. The summed E-state index contributed by atoms with van der Waals surface area (Å²) in [6.45, 7) is 10.2. The van der Waals surface area contributed by atoms with Crippen molar-refractivity contribution in [2.75, 3.05) is 71.5 Å². The van der Waals surface area contributed by atoms with Crippen LogP contribution in [0.2, 0.25) is 0 Å². The number of ether oxygens (including phenoxy) is 3. The van der Waals surface area contributed by atoms with Gasteiger partial charge >= 0.3 is 0 Å². The van der Waals surface area contributed by atoms with Gasteiger partial charge in [0.1, 0.15) is 40.6 Å². The Kier molecular flexibility index (Phi) is 11.5. The summed E-state index contributed by atoms with van der Waals surface area (Å²) < 4.78 is 47.0. The number of hydrogen-bond acceptors (Lipinski definition) is 6. The number of carbonyl (C=O) groups is 1. The molecule has 8 rings (SSSR count). The molecule has 9 nitrogen and oxygen atoms in total. The summed E-state index contributed by atoms with van der Waals surface area (Å²) in [6.07, 6.45) is 1.79. The fraction of sp³-hybridized carbons (Fsp3) is 0.317. The van der Waals surface area contributed by atoms with E-state index in [2.05, 4.69) is 34.1 Å². The third kappa shape index (κ3) is 8.09. The second-order valence-electron chi connectivity index (χ2n) is 13.6. The number of anilines is 1. The first-order chi connectivity index (χ1) is 25.2. The van der Waals surface area contributed by atoms with Gasteiger partial charge in [-0.05, 0) is 54.4 Å². The average Bonchev–Trinajstić information content (AvgIpc) is 3.17. The number of piperazine rings is 3. The quantitative estimate of drug-likeness (QED) is 0.196. The molecular weight excluding hydrogens is 746 g/mol. The van der Waals surface area contributed by atoms with Crippen molar-refractivity contribution in [1.29, 1.82) is 0 Å². The van der Waals surface area contributed by atoms with Gasteiger partial charge in [0, 0.05) is 73.6 Å². The molecule has 0 radical (unpaired) electrons. The predicted octanol–water partition coefficient (Wildman–Crippen LogP) is 3.35. The minimum absolute atomic E-state index is 0. The highest BCUT2D eigenvalue weighted by molar-refractivity contribution is 6.07. The number of fused-ring (bicyclic) bond motifs is 4. The Bertz CT molecular complexity index is 2100. The smallest absolute Gasteiger partial charge is 0.263 e. The van der Waals surface area contributed by atoms with Crippen LogP contribution in [0, 0.1) is 11.6 Å². The van der Waals surface area contributed by atoms with Crippen molar-refractivity contribution < 1.29 is 49.3 Å². The predicted molar refractivity (Wildman–Crippen MR) is 197 cm³/mol. The summed E-state index contributed by atoms with van der Waals surface area (Å²) in [5.74, 6) is -0.573. The number of halogens is 3. The largest absolute Gasteiger partial charge is 1.00 e. The van der Waals surface area contributed by atoms with E-state index >= 15 is 0 Å². The van der Waals surface area contributed by atoms with Crippen LogP contribution in [-0.2, 0) is 6.42 Å². The Hall–Kier alpha value is -4.78. The molecule has 3 fully saturated rings. The lowest BCUT2D eigenvalue weighted by Gasteiger charge is -2.50. The summed E-state index contributed by atoms with van der Waals surface area (Å²) in [4.78, 5) is 33.9. The molecule has 1 N–H and O–H groups in total. The number of methoxy groups -OCH3 is 2. The second-order valence-corrected chi connectivity index (χ2v) is 13.6. The fourth-order valence-corrected chi connectivity index (χ4v) is 7.46. The van der Waals surface area contributed by atoms with Crippen molar-refractivity contribution in [1.82, 2.24) is 9.88 Å². The maximum Gasteiger partial charge on any atom is 0.263 e. The summed E-state index contributed by atoms with van der Waals surface area (Å²) in [5, 5.41) is 0.269. The minimum Gasteiger partial charge on any atom is -1.00 e. The van der Waals surface area contributed by atoms with Gasteiger partial charge in [-0.15, -0.1) is 0 Å². The van der Waals surface area contributed by atoms with Gasteiger partial charge in [0.25, 0.3) is 5.91 Å². The summed E-state index contributed by atoms with van der Waals surface area (Å²) in [5.41, 5.74) is 2.85. The second kappa shape index (κ2) is 16.1. The zero-order chi connectivity index (χ0) is 36.4. The molecule has 3 saturated heterocycles. The molecular formula is C41H43BrF2N4O5. The van der Waals surface area contributed by atoms with Gasteiger partial charge in [-0.2, -0.15) is 0 Å². The van der Waals surface area contributed by atoms with E-state index in [-0.39, 0.29) is 40.2 Å². The minimum atomic E-state index is -0.818. The molecule has 0 saturated carbocycles. The average molecular weight is 790 g/mol. The van der Waals surface area contributed by atoms with Crippen molar-refractivity contribution in [3.8, 4) is 17.2 Å². The van der Waals surface area contributed by atoms with Crippen LogP contribution in [0.5, 0.6) is 17.2 Å². The monoisotopic (exact) mass is 788 g/mol. The van der Waals surface area contributed by atoms with Gasteiger partial charge in [-0.1, -0.05) is 24.3 Å². The summed E-state index contributed by atoms with van der Waals surface area (Å²) in [7, 11) is 3.21. The normalized spacial score (nSPS) is 18.2. The number of nitrogens with one attached hydrogen (secondary N) is 1. The van der Waals surface area contributed by atoms with Crippen molar-refractivity contribution in [3.05, 3.63) is 129 Å². The number of quaternary nitrogens is 1. The molecule has 4 heterocycles. The maximum atomic E-state index is 14.0. The first-order valence-electron chi connectivity index (χ1n) is 17.7. The van der Waals surface area contributed by atoms with Gasteiger partial charge in [-0.3, -0.25) is 14.5 Å². The standard InChI is InChI=1S/C41H42F2N4O5.BrH/c1-4-46(32-22-30(42)21-31(43)23-32)41(49)37-26-44-38-25-33(9-10-36(38)39(37)48)52-40(29-19-34(50-2)24-35(20-29)51-3)28-7-5-27(6-8-28)11-15-47-16-12-45(13-17-47)14-18-47;/h5-10,19-26,40H,4,11-18H2,1-3H3;1H. The summed E-state index contributed by atoms with van der Waals surface area (Å²) >= 11 is 0. The number of aromatic amines is 1. The van der Waals surface area contributed by atoms with E-state index in [9.17, 15) is 18.4 Å². The number of pyridine rings is 1. The molecule has 3 aliphatic heterocycles. The van der Waals surface area contributed by atoms with E-state index in [4.69, 9.17) is 14.2 Å². The molecule has 53 heavy (non-hydrogen) atoms. The maximum absolute atomic E-state index is 14.0. The Morgan fingerprint density at radius 3 is 2.09 bits per heavy atom. The van der Waals surface area contributed by atoms with E-state index in [0.29, 0.717) is 22.8 Å². The lowest BCUT2D eigenvalue weighted by atomic mass is 9.98. The number of aromatic nitrogens is 1. The van der Waals surface area contributed by atoms with Crippen LogP contribution in [0.25, 0.3) is 10.9 Å². The number of nitrogens with zero attached hydrogens (tertiary/aromatic N) is 3. The number of hydrogen-bond donors (Lipinski definition) is 1. The van der Waals surface area contributed by atoms with Crippen molar-refractivity contribution >= 4 is 22.5 Å². The van der Waals surface area contributed by atoms with Crippen LogP contribution in [0.4, 0.5) is 14.5 Å². The lowest BCUT2D eigenvalue weighted by molar-refractivity contribution is -0.940. The lowest BCUT2D eigenvalue weighted by Crippen LogP contribution is -3.00. The van der Waals surface area contributed by atoms with Gasteiger partial charge in [-0.25, -0.2) is 8.78 Å². The van der Waals surface area contributed by atoms with Crippen LogP contribution >= 0.6 is 0 Å². The zero-order valence-corrected chi connectivity index (χ0v) is 31.6. The Morgan fingerprint density at radius 1 is 0.849 bits per heavy atom. The van der Waals surface area contributed by atoms with E-state index in [1.807, 2.05) is 12.1 Å². The van der Waals surface area contributed by atoms with Crippen LogP contribution in [-0.4, -0.2) is 86.9 Å². The van der Waals surface area contributed by atoms with Gasteiger partial charge in [0.15, 0.2) is 0 Å². The molecule has 1 amide bonds. The Morgan fingerprint density at radius 2 is 1.49 bits per heavy atom. The molecule has 0 spiro atoms. The molecule has 1 atom stereocenters. The van der Waals surface area contributed by atoms with E-state index in [1.54, 1.807) is 45.4 Å². The Balaban J connectivity index is 0.00000481.